The van der Waals surface area contributed by atoms with Gasteiger partial charge in [0.05, 0.1) is 0 Å². The van der Waals surface area contributed by atoms with Crippen LogP contribution in [-0.2, 0) is 14.3 Å². The summed E-state index contributed by atoms with van der Waals surface area (Å²) in [7, 11) is 1.97. The van der Waals surface area contributed by atoms with Crippen LogP contribution in [0.5, 0.6) is 0 Å². The third-order valence-electron chi connectivity index (χ3n) is 2.92. The van der Waals surface area contributed by atoms with Crippen molar-refractivity contribution in [3.05, 3.63) is 0 Å². The van der Waals surface area contributed by atoms with Crippen molar-refractivity contribution in [1.82, 2.24) is 10.2 Å². The highest BCUT2D eigenvalue weighted by molar-refractivity contribution is 5.82. The molecule has 2 atom stereocenters. The van der Waals surface area contributed by atoms with Gasteiger partial charge in [-0.1, -0.05) is 6.92 Å². The van der Waals surface area contributed by atoms with Gasteiger partial charge in [0.1, 0.15) is 6.10 Å². The first-order chi connectivity index (χ1) is 8.04. The van der Waals surface area contributed by atoms with Gasteiger partial charge in [0, 0.05) is 13.1 Å². The smallest absolute Gasteiger partial charge is 0.332 e. The number of ether oxygens (including phenoxy) is 1. The molecule has 0 bridgehead atoms. The fourth-order valence-corrected chi connectivity index (χ4v) is 1.65. The average molecular weight is 244 g/mol. The minimum absolute atomic E-state index is 0.210. The SMILES string of the molecule is CCN(C)CCNC(=O)[C@@H]1CC[C@H](C(=O)O)O1. The van der Waals surface area contributed by atoms with Crippen LogP contribution >= 0.6 is 0 Å². The minimum Gasteiger partial charge on any atom is -0.479 e. The van der Waals surface area contributed by atoms with Crippen LogP contribution in [-0.4, -0.2) is 60.8 Å². The molecule has 1 aliphatic rings. The fourth-order valence-electron chi connectivity index (χ4n) is 1.65. The lowest BCUT2D eigenvalue weighted by atomic mass is 10.2. The molecular formula is C11H20N2O4. The van der Waals surface area contributed by atoms with Gasteiger partial charge < -0.3 is 20.1 Å². The van der Waals surface area contributed by atoms with Crippen molar-refractivity contribution in [1.29, 1.82) is 0 Å². The van der Waals surface area contributed by atoms with Crippen molar-refractivity contribution < 1.29 is 19.4 Å². The maximum Gasteiger partial charge on any atom is 0.332 e. The highest BCUT2D eigenvalue weighted by Crippen LogP contribution is 2.19. The third kappa shape index (κ3) is 4.32. The molecule has 0 unspecified atom stereocenters. The first kappa shape index (κ1) is 13.9. The van der Waals surface area contributed by atoms with Crippen LogP contribution in [0.4, 0.5) is 0 Å². The molecule has 1 amide bonds. The van der Waals surface area contributed by atoms with E-state index >= 15 is 0 Å². The number of amides is 1. The number of hydrogen-bond acceptors (Lipinski definition) is 4. The van der Waals surface area contributed by atoms with E-state index in [0.29, 0.717) is 19.4 Å². The zero-order chi connectivity index (χ0) is 12.8. The number of aliphatic carboxylic acids is 1. The first-order valence-corrected chi connectivity index (χ1v) is 5.89. The van der Waals surface area contributed by atoms with E-state index in [1.807, 2.05) is 14.0 Å². The van der Waals surface area contributed by atoms with E-state index in [4.69, 9.17) is 9.84 Å². The number of carbonyl (C=O) groups excluding carboxylic acids is 1. The molecule has 1 aliphatic heterocycles. The molecule has 0 saturated carbocycles. The number of carboxylic acid groups (broad SMARTS) is 1. The zero-order valence-corrected chi connectivity index (χ0v) is 10.3. The van der Waals surface area contributed by atoms with Crippen LogP contribution in [0.15, 0.2) is 0 Å². The van der Waals surface area contributed by atoms with Crippen LogP contribution in [0, 0.1) is 0 Å². The number of nitrogens with zero attached hydrogens (tertiary/aromatic N) is 1. The second-order valence-corrected chi connectivity index (χ2v) is 4.22. The monoisotopic (exact) mass is 244 g/mol. The summed E-state index contributed by atoms with van der Waals surface area (Å²) in [4.78, 5) is 24.4. The van der Waals surface area contributed by atoms with Crippen LogP contribution in [0.3, 0.4) is 0 Å². The summed E-state index contributed by atoms with van der Waals surface area (Å²) < 4.78 is 5.14. The van der Waals surface area contributed by atoms with Crippen molar-refractivity contribution >= 4 is 11.9 Å². The largest absolute Gasteiger partial charge is 0.479 e. The maximum atomic E-state index is 11.6. The van der Waals surface area contributed by atoms with Gasteiger partial charge >= 0.3 is 5.97 Å². The summed E-state index contributed by atoms with van der Waals surface area (Å²) >= 11 is 0. The van der Waals surface area contributed by atoms with Crippen LogP contribution in [0.25, 0.3) is 0 Å². The number of nitrogens with one attached hydrogen (secondary N) is 1. The maximum absolute atomic E-state index is 11.6. The number of rotatable bonds is 6. The standard InChI is InChI=1S/C11H20N2O4/c1-3-13(2)7-6-12-10(14)8-4-5-9(17-8)11(15)16/h8-9H,3-7H2,1-2H3,(H,12,14)(H,15,16)/t8-,9+/m0/s1. The molecule has 6 heteroatoms. The van der Waals surface area contributed by atoms with Gasteiger partial charge in [0.25, 0.3) is 0 Å². The Morgan fingerprint density at radius 3 is 2.59 bits per heavy atom. The van der Waals surface area contributed by atoms with E-state index in [0.717, 1.165) is 13.1 Å². The van der Waals surface area contributed by atoms with Crippen molar-refractivity contribution in [2.45, 2.75) is 32.0 Å². The molecular weight excluding hydrogens is 224 g/mol. The Balaban J connectivity index is 2.23. The molecule has 0 aromatic rings. The second-order valence-electron chi connectivity index (χ2n) is 4.22. The topological polar surface area (TPSA) is 78.9 Å². The lowest BCUT2D eigenvalue weighted by Gasteiger charge is -2.16. The molecule has 1 saturated heterocycles. The van der Waals surface area contributed by atoms with E-state index in [-0.39, 0.29) is 5.91 Å². The lowest BCUT2D eigenvalue weighted by Crippen LogP contribution is -2.39. The number of carboxylic acids is 1. The van der Waals surface area contributed by atoms with Gasteiger partial charge in [-0.2, -0.15) is 0 Å². The molecule has 1 fully saturated rings. The second kappa shape index (κ2) is 6.56. The van der Waals surface area contributed by atoms with Crippen molar-refractivity contribution in [3.63, 3.8) is 0 Å². The summed E-state index contributed by atoms with van der Waals surface area (Å²) in [6, 6.07) is 0. The molecule has 17 heavy (non-hydrogen) atoms. The molecule has 0 spiro atoms. The summed E-state index contributed by atoms with van der Waals surface area (Å²) in [5, 5.41) is 11.5. The number of carbonyl (C=O) groups is 2. The van der Waals surface area contributed by atoms with Gasteiger partial charge in [-0.05, 0) is 26.4 Å². The summed E-state index contributed by atoms with van der Waals surface area (Å²) in [5.74, 6) is -1.20. The molecule has 6 nitrogen and oxygen atoms in total. The molecule has 0 aliphatic carbocycles. The normalized spacial score (nSPS) is 23.9. The predicted octanol–water partition coefficient (Wildman–Crippen LogP) is -0.313. The summed E-state index contributed by atoms with van der Waals surface area (Å²) in [6.45, 7) is 4.30. The Morgan fingerprint density at radius 2 is 2.06 bits per heavy atom. The number of hydrogen-bond donors (Lipinski definition) is 2. The molecule has 0 radical (unpaired) electrons. The van der Waals surface area contributed by atoms with E-state index in [9.17, 15) is 9.59 Å². The van der Waals surface area contributed by atoms with E-state index in [1.54, 1.807) is 0 Å². The Labute approximate surface area is 101 Å². The van der Waals surface area contributed by atoms with Gasteiger partial charge in [0.15, 0.2) is 6.10 Å². The third-order valence-corrected chi connectivity index (χ3v) is 2.92. The molecule has 1 rings (SSSR count). The average Bonchev–Trinajstić information content (AvgIpc) is 2.78. The van der Waals surface area contributed by atoms with Crippen LogP contribution in [0.2, 0.25) is 0 Å². The Hall–Kier alpha value is -1.14. The quantitative estimate of drug-likeness (QED) is 0.670. The molecule has 2 N–H and O–H groups in total. The summed E-state index contributed by atoms with van der Waals surface area (Å²) in [5.41, 5.74) is 0. The Kier molecular flexibility index (Phi) is 5.37. The molecule has 1 heterocycles. The lowest BCUT2D eigenvalue weighted by molar-refractivity contribution is -0.151. The van der Waals surface area contributed by atoms with E-state index in [2.05, 4.69) is 10.2 Å². The minimum atomic E-state index is -0.994. The molecule has 0 aromatic carbocycles. The highest BCUT2D eigenvalue weighted by Gasteiger charge is 2.34. The van der Waals surface area contributed by atoms with E-state index < -0.39 is 18.2 Å². The first-order valence-electron chi connectivity index (χ1n) is 5.89. The van der Waals surface area contributed by atoms with E-state index in [1.165, 1.54) is 0 Å². The van der Waals surface area contributed by atoms with Gasteiger partial charge in [-0.3, -0.25) is 4.79 Å². The highest BCUT2D eigenvalue weighted by atomic mass is 16.5. The molecule has 0 aromatic heterocycles. The Morgan fingerprint density at radius 1 is 1.41 bits per heavy atom. The summed E-state index contributed by atoms with van der Waals surface area (Å²) in [6.07, 6.45) is -0.554. The fraction of sp³-hybridized carbons (Fsp3) is 0.818. The van der Waals surface area contributed by atoms with Crippen LogP contribution in [0.1, 0.15) is 19.8 Å². The zero-order valence-electron chi connectivity index (χ0n) is 10.3. The van der Waals surface area contributed by atoms with Crippen molar-refractivity contribution in [3.8, 4) is 0 Å². The molecule has 98 valence electrons. The number of likely N-dealkylation sites (N-methyl/N-ethyl adjacent to an activating group) is 1. The van der Waals surface area contributed by atoms with Crippen molar-refractivity contribution in [2.24, 2.45) is 0 Å². The van der Waals surface area contributed by atoms with Gasteiger partial charge in [0.2, 0.25) is 5.91 Å². The van der Waals surface area contributed by atoms with Gasteiger partial charge in [-0.15, -0.1) is 0 Å². The Bertz CT molecular complexity index is 283. The van der Waals surface area contributed by atoms with Crippen molar-refractivity contribution in [2.75, 3.05) is 26.7 Å². The van der Waals surface area contributed by atoms with Gasteiger partial charge in [-0.25, -0.2) is 4.79 Å². The predicted molar refractivity (Wildman–Crippen MR) is 61.7 cm³/mol. The van der Waals surface area contributed by atoms with Crippen LogP contribution < -0.4 is 5.32 Å².